The molecule has 0 aromatic heterocycles. The van der Waals surface area contributed by atoms with E-state index in [-0.39, 0.29) is 12.5 Å². The Labute approximate surface area is 179 Å². The molecule has 0 radical (unpaired) electrons. The molecule has 10 heteroatoms. The summed E-state index contributed by atoms with van der Waals surface area (Å²) in [6.07, 6.45) is 0. The summed E-state index contributed by atoms with van der Waals surface area (Å²) in [5.41, 5.74) is 1.89. The summed E-state index contributed by atoms with van der Waals surface area (Å²) in [5.74, 6) is -0.0887. The second-order valence-electron chi connectivity index (χ2n) is 7.46. The average Bonchev–Trinajstić information content (AvgIpc) is 2.76. The molecule has 30 heavy (non-hydrogen) atoms. The first-order valence-electron chi connectivity index (χ1n) is 10.6. The van der Waals surface area contributed by atoms with E-state index in [1.807, 2.05) is 43.0 Å². The molecule has 2 saturated heterocycles. The second-order valence-corrected chi connectivity index (χ2v) is 9.39. The molecule has 0 spiro atoms. The molecule has 2 aliphatic heterocycles. The van der Waals surface area contributed by atoms with Crippen LogP contribution in [0.5, 0.6) is 0 Å². The van der Waals surface area contributed by atoms with Crippen molar-refractivity contribution in [1.29, 1.82) is 0 Å². The van der Waals surface area contributed by atoms with Crippen molar-refractivity contribution in [3.05, 3.63) is 24.3 Å². The van der Waals surface area contributed by atoms with Gasteiger partial charge >= 0.3 is 0 Å². The van der Waals surface area contributed by atoms with E-state index in [4.69, 9.17) is 4.74 Å². The predicted molar refractivity (Wildman–Crippen MR) is 118 cm³/mol. The third-order valence-electron chi connectivity index (χ3n) is 5.58. The van der Waals surface area contributed by atoms with Gasteiger partial charge in [-0.2, -0.15) is 17.0 Å². The molecule has 0 unspecified atom stereocenters. The van der Waals surface area contributed by atoms with Crippen molar-refractivity contribution in [2.24, 2.45) is 0 Å². The lowest BCUT2D eigenvalue weighted by atomic mass is 10.2. The largest absolute Gasteiger partial charge is 0.378 e. The molecule has 3 rings (SSSR count). The summed E-state index contributed by atoms with van der Waals surface area (Å²) in [5, 5.41) is 2.93. The fourth-order valence-electron chi connectivity index (χ4n) is 3.81. The number of nitrogens with one attached hydrogen (secondary N) is 1. The summed E-state index contributed by atoms with van der Waals surface area (Å²) < 4.78 is 33.6. The summed E-state index contributed by atoms with van der Waals surface area (Å²) in [4.78, 5) is 16.7. The van der Waals surface area contributed by atoms with Gasteiger partial charge in [-0.05, 0) is 24.3 Å². The number of carbonyl (C=O) groups is 1. The third-order valence-corrected chi connectivity index (χ3v) is 7.77. The van der Waals surface area contributed by atoms with Crippen LogP contribution in [0.4, 0.5) is 11.4 Å². The Morgan fingerprint density at radius 3 is 2.17 bits per heavy atom. The lowest BCUT2D eigenvalue weighted by Crippen LogP contribution is -2.54. The van der Waals surface area contributed by atoms with Crippen molar-refractivity contribution in [2.75, 3.05) is 82.3 Å². The van der Waals surface area contributed by atoms with Crippen LogP contribution in [-0.2, 0) is 19.7 Å². The van der Waals surface area contributed by atoms with Crippen LogP contribution < -0.4 is 10.2 Å². The molecule has 0 atom stereocenters. The zero-order valence-corrected chi connectivity index (χ0v) is 18.7. The van der Waals surface area contributed by atoms with Crippen LogP contribution in [0, 0.1) is 0 Å². The minimum absolute atomic E-state index is 0.0887. The van der Waals surface area contributed by atoms with Gasteiger partial charge in [0.15, 0.2) is 0 Å². The molecule has 0 saturated carbocycles. The highest BCUT2D eigenvalue weighted by Gasteiger charge is 2.31. The van der Waals surface area contributed by atoms with E-state index in [9.17, 15) is 13.2 Å². The fourth-order valence-corrected chi connectivity index (χ4v) is 5.42. The normalized spacial score (nSPS) is 19.2. The van der Waals surface area contributed by atoms with E-state index in [1.165, 1.54) is 8.61 Å². The first-order valence-corrected chi connectivity index (χ1v) is 12.0. The van der Waals surface area contributed by atoms with Crippen LogP contribution in [-0.4, -0.2) is 100.0 Å². The predicted octanol–water partition coefficient (Wildman–Crippen LogP) is 0.666. The number of carbonyl (C=O) groups excluding carboxylic acids is 1. The zero-order chi connectivity index (χ0) is 21.6. The number of piperazine rings is 1. The van der Waals surface area contributed by atoms with Gasteiger partial charge in [0.1, 0.15) is 0 Å². The van der Waals surface area contributed by atoms with Crippen molar-refractivity contribution in [3.63, 3.8) is 0 Å². The van der Waals surface area contributed by atoms with Gasteiger partial charge in [-0.15, -0.1) is 0 Å². The summed E-state index contributed by atoms with van der Waals surface area (Å²) in [7, 11) is -3.41. The Morgan fingerprint density at radius 2 is 1.60 bits per heavy atom. The number of nitrogens with zero attached hydrogens (tertiary/aromatic N) is 4. The number of anilines is 2. The molecule has 0 bridgehead atoms. The Morgan fingerprint density at radius 1 is 1.00 bits per heavy atom. The molecule has 1 N–H and O–H groups in total. The molecular formula is C20H33N5O4S. The van der Waals surface area contributed by atoms with Gasteiger partial charge in [0, 0.05) is 63.7 Å². The first kappa shape index (κ1) is 23.0. The maximum atomic E-state index is 12.6. The Bertz CT molecular complexity index is 784. The highest BCUT2D eigenvalue weighted by atomic mass is 32.2. The quantitative estimate of drug-likeness (QED) is 0.641. The zero-order valence-electron chi connectivity index (χ0n) is 17.9. The number of benzene rings is 1. The molecule has 168 valence electrons. The van der Waals surface area contributed by atoms with Crippen LogP contribution >= 0.6 is 0 Å². The van der Waals surface area contributed by atoms with Gasteiger partial charge < -0.3 is 15.0 Å². The lowest BCUT2D eigenvalue weighted by Gasteiger charge is -2.35. The molecule has 1 aromatic rings. The maximum Gasteiger partial charge on any atom is 0.282 e. The van der Waals surface area contributed by atoms with Gasteiger partial charge in [0.05, 0.1) is 19.8 Å². The maximum absolute atomic E-state index is 12.6. The van der Waals surface area contributed by atoms with Crippen molar-refractivity contribution in [3.8, 4) is 0 Å². The number of morpholine rings is 1. The monoisotopic (exact) mass is 439 g/mol. The first-order chi connectivity index (χ1) is 14.4. The number of hydrogen-bond donors (Lipinski definition) is 1. The smallest absolute Gasteiger partial charge is 0.282 e. The molecule has 2 aliphatic rings. The highest BCUT2D eigenvalue weighted by molar-refractivity contribution is 7.86. The van der Waals surface area contributed by atoms with Crippen molar-refractivity contribution in [1.82, 2.24) is 13.5 Å². The van der Waals surface area contributed by atoms with E-state index in [0.717, 1.165) is 37.7 Å². The van der Waals surface area contributed by atoms with Gasteiger partial charge in [-0.3, -0.25) is 9.69 Å². The van der Waals surface area contributed by atoms with Crippen LogP contribution in [0.3, 0.4) is 0 Å². The van der Waals surface area contributed by atoms with Crippen molar-refractivity contribution in [2.45, 2.75) is 13.8 Å². The standard InChI is InChI=1S/C20H33N5O4S/c1-3-24(4-2)30(27,28)25-11-9-22(10-12-25)17-20(26)21-18-5-7-19(8-6-18)23-13-15-29-16-14-23/h5-8H,3-4,9-17H2,1-2H3,(H,21,26). The molecule has 2 fully saturated rings. The molecule has 1 aromatic carbocycles. The number of hydrogen-bond acceptors (Lipinski definition) is 6. The number of amides is 1. The fraction of sp³-hybridized carbons (Fsp3) is 0.650. The summed E-state index contributed by atoms with van der Waals surface area (Å²) in [6, 6.07) is 7.85. The van der Waals surface area contributed by atoms with E-state index in [2.05, 4.69) is 10.2 Å². The van der Waals surface area contributed by atoms with Crippen molar-refractivity contribution < 1.29 is 17.9 Å². The van der Waals surface area contributed by atoms with Gasteiger partial charge in [0.25, 0.3) is 10.2 Å². The average molecular weight is 440 g/mol. The van der Waals surface area contributed by atoms with Crippen LogP contribution in [0.25, 0.3) is 0 Å². The van der Waals surface area contributed by atoms with Crippen molar-refractivity contribution >= 4 is 27.5 Å². The van der Waals surface area contributed by atoms with Crippen LogP contribution in [0.15, 0.2) is 24.3 Å². The SMILES string of the molecule is CCN(CC)S(=O)(=O)N1CCN(CC(=O)Nc2ccc(N3CCOCC3)cc2)CC1. The number of rotatable bonds is 8. The van der Waals surface area contributed by atoms with Gasteiger partial charge in [-0.25, -0.2) is 0 Å². The Kier molecular flexibility index (Phi) is 8.06. The molecule has 0 aliphatic carbocycles. The topological polar surface area (TPSA) is 85.4 Å². The number of ether oxygens (including phenoxy) is 1. The Hall–Kier alpha value is -1.72. The van der Waals surface area contributed by atoms with E-state index in [1.54, 1.807) is 0 Å². The van der Waals surface area contributed by atoms with E-state index in [0.29, 0.717) is 39.3 Å². The second kappa shape index (κ2) is 10.5. The van der Waals surface area contributed by atoms with Crippen LogP contribution in [0.1, 0.15) is 13.8 Å². The van der Waals surface area contributed by atoms with Gasteiger partial charge in [-0.1, -0.05) is 13.8 Å². The minimum Gasteiger partial charge on any atom is -0.378 e. The van der Waals surface area contributed by atoms with Gasteiger partial charge in [0.2, 0.25) is 5.91 Å². The molecule has 1 amide bonds. The highest BCUT2D eigenvalue weighted by Crippen LogP contribution is 2.19. The summed E-state index contributed by atoms with van der Waals surface area (Å²) in [6.45, 7) is 9.99. The third kappa shape index (κ3) is 5.70. The van der Waals surface area contributed by atoms with E-state index < -0.39 is 10.2 Å². The minimum atomic E-state index is -3.41. The molecule has 2 heterocycles. The Balaban J connectivity index is 1.46. The lowest BCUT2D eigenvalue weighted by molar-refractivity contribution is -0.117. The molecular weight excluding hydrogens is 406 g/mol. The molecule has 9 nitrogen and oxygen atoms in total. The summed E-state index contributed by atoms with van der Waals surface area (Å²) >= 11 is 0. The van der Waals surface area contributed by atoms with E-state index >= 15 is 0 Å². The van der Waals surface area contributed by atoms with Crippen LogP contribution in [0.2, 0.25) is 0 Å².